The van der Waals surface area contributed by atoms with Crippen LogP contribution in [0.15, 0.2) is 42.0 Å². The van der Waals surface area contributed by atoms with Gasteiger partial charge in [0.2, 0.25) is 0 Å². The fourth-order valence-corrected chi connectivity index (χ4v) is 4.89. The van der Waals surface area contributed by atoms with Gasteiger partial charge in [0.05, 0.1) is 5.60 Å². The second kappa shape index (κ2) is 7.79. The largest absolute Gasteiger partial charge is 0.508 e. The second-order valence-electron chi connectivity index (χ2n) is 9.05. The molecule has 0 radical (unpaired) electrons. The average Bonchev–Trinajstić information content (AvgIpc) is 2.87. The van der Waals surface area contributed by atoms with E-state index in [9.17, 15) is 19.8 Å². The summed E-state index contributed by atoms with van der Waals surface area (Å²) in [6.07, 6.45) is 5.65. The number of carbonyl (C=O) groups is 2. The molecule has 2 aliphatic rings. The number of fused-ring (bicyclic) bond motifs is 1. The van der Waals surface area contributed by atoms with Gasteiger partial charge in [0.25, 0.3) is 0 Å². The highest BCUT2D eigenvalue weighted by Crippen LogP contribution is 2.57. The van der Waals surface area contributed by atoms with Crippen LogP contribution in [0.2, 0.25) is 0 Å². The van der Waals surface area contributed by atoms with Crippen molar-refractivity contribution in [2.24, 2.45) is 17.3 Å². The molecule has 1 aromatic carbocycles. The minimum Gasteiger partial charge on any atom is -0.508 e. The maximum Gasteiger partial charge on any atom is 0.331 e. The Balaban J connectivity index is 1.88. The van der Waals surface area contributed by atoms with Crippen LogP contribution in [0.4, 0.5) is 0 Å². The zero-order valence-corrected chi connectivity index (χ0v) is 17.5. The van der Waals surface area contributed by atoms with Crippen molar-refractivity contribution in [3.8, 4) is 5.75 Å². The zero-order chi connectivity index (χ0) is 21.4. The number of esters is 1. The molecule has 0 amide bonds. The van der Waals surface area contributed by atoms with Crippen LogP contribution in [-0.2, 0) is 14.3 Å². The van der Waals surface area contributed by atoms with E-state index in [0.29, 0.717) is 18.4 Å². The number of ether oxygens (including phenoxy) is 1. The van der Waals surface area contributed by atoms with Crippen molar-refractivity contribution >= 4 is 17.8 Å². The Kier molecular flexibility index (Phi) is 5.72. The van der Waals surface area contributed by atoms with E-state index in [-0.39, 0.29) is 23.4 Å². The highest BCUT2D eigenvalue weighted by atomic mass is 16.5. The number of benzene rings is 1. The Labute approximate surface area is 172 Å². The number of aliphatic hydroxyl groups is 1. The van der Waals surface area contributed by atoms with E-state index in [0.717, 1.165) is 12.0 Å². The summed E-state index contributed by atoms with van der Waals surface area (Å²) in [6, 6.07) is 6.47. The summed E-state index contributed by atoms with van der Waals surface area (Å²) in [5.41, 5.74) is -0.0865. The minimum absolute atomic E-state index is 0.0232. The number of hydrogen-bond donors (Lipinski definition) is 2. The molecule has 5 heteroatoms. The molecule has 2 aliphatic carbocycles. The molecule has 0 bridgehead atoms. The van der Waals surface area contributed by atoms with Crippen LogP contribution in [0.25, 0.3) is 6.08 Å². The number of ketones is 1. The number of phenols is 1. The predicted octanol–water partition coefficient (Wildman–Crippen LogP) is 4.04. The first-order chi connectivity index (χ1) is 13.5. The van der Waals surface area contributed by atoms with Crippen LogP contribution in [0.5, 0.6) is 5.75 Å². The molecule has 2 N–H and O–H groups in total. The molecule has 1 aromatic rings. The van der Waals surface area contributed by atoms with E-state index >= 15 is 0 Å². The number of hydrogen-bond acceptors (Lipinski definition) is 5. The van der Waals surface area contributed by atoms with Gasteiger partial charge < -0.3 is 14.9 Å². The van der Waals surface area contributed by atoms with Crippen LogP contribution in [-0.4, -0.2) is 33.7 Å². The molecule has 3 rings (SSSR count). The molecule has 0 aliphatic heterocycles. The third kappa shape index (κ3) is 4.15. The molecular formula is C24H30O5. The summed E-state index contributed by atoms with van der Waals surface area (Å²) >= 11 is 0. The van der Waals surface area contributed by atoms with E-state index in [1.54, 1.807) is 43.3 Å². The maximum atomic E-state index is 12.6. The molecule has 0 spiro atoms. The fourth-order valence-electron chi connectivity index (χ4n) is 4.89. The molecule has 29 heavy (non-hydrogen) atoms. The summed E-state index contributed by atoms with van der Waals surface area (Å²) in [7, 11) is 0. The van der Waals surface area contributed by atoms with Gasteiger partial charge in [-0.1, -0.05) is 32.9 Å². The molecule has 0 unspecified atom stereocenters. The lowest BCUT2D eigenvalue weighted by atomic mass is 9.68. The molecule has 0 saturated heterocycles. The van der Waals surface area contributed by atoms with Crippen LogP contribution in [0.3, 0.4) is 0 Å². The topological polar surface area (TPSA) is 83.8 Å². The molecule has 4 atom stereocenters. The van der Waals surface area contributed by atoms with Crippen molar-refractivity contribution in [2.75, 3.05) is 0 Å². The zero-order valence-electron chi connectivity index (χ0n) is 17.5. The van der Waals surface area contributed by atoms with E-state index in [2.05, 4.69) is 0 Å². The van der Waals surface area contributed by atoms with Gasteiger partial charge in [-0.15, -0.1) is 0 Å². The minimum atomic E-state index is -0.998. The van der Waals surface area contributed by atoms with Gasteiger partial charge in [0.15, 0.2) is 5.78 Å². The van der Waals surface area contributed by atoms with Crippen LogP contribution in [0, 0.1) is 17.3 Å². The first-order valence-electron chi connectivity index (χ1n) is 10.2. The van der Waals surface area contributed by atoms with Crippen molar-refractivity contribution in [1.29, 1.82) is 0 Å². The molecule has 0 heterocycles. The summed E-state index contributed by atoms with van der Waals surface area (Å²) in [4.78, 5) is 25.2. The van der Waals surface area contributed by atoms with Crippen LogP contribution in [0.1, 0.15) is 52.5 Å². The standard InChI is InChI=1S/C24H30O5/c1-15(2)24(28)12-11-23(4)14-19(26)16(3)13-20(22(23)24)29-21(27)10-7-17-5-8-18(25)9-6-17/h5-10,13,15,20,22,25,28H,11-12,14H2,1-4H3/t20-,22+,23+,24+/m0/s1. The lowest BCUT2D eigenvalue weighted by Crippen LogP contribution is -2.49. The summed E-state index contributed by atoms with van der Waals surface area (Å²) in [5.74, 6) is -0.695. The monoisotopic (exact) mass is 398 g/mol. The molecular weight excluding hydrogens is 368 g/mol. The first-order valence-corrected chi connectivity index (χ1v) is 10.2. The van der Waals surface area contributed by atoms with Gasteiger partial charge in [-0.05, 0) is 66.5 Å². The van der Waals surface area contributed by atoms with Crippen molar-refractivity contribution in [1.82, 2.24) is 0 Å². The number of rotatable bonds is 4. The Morgan fingerprint density at radius 1 is 1.24 bits per heavy atom. The Morgan fingerprint density at radius 2 is 1.90 bits per heavy atom. The SMILES string of the molecule is CC1=C[C@H](OC(=O)C=Cc2ccc(O)cc2)[C@@H]2[C@](C)(CC[C@@]2(O)C(C)C)CC1=O. The fraction of sp³-hybridized carbons (Fsp3) is 0.500. The lowest BCUT2D eigenvalue weighted by Gasteiger charge is -2.42. The highest BCUT2D eigenvalue weighted by molar-refractivity contribution is 5.96. The highest BCUT2D eigenvalue weighted by Gasteiger charge is 2.60. The lowest BCUT2D eigenvalue weighted by molar-refractivity contribution is -0.155. The van der Waals surface area contributed by atoms with Crippen molar-refractivity contribution in [3.63, 3.8) is 0 Å². The van der Waals surface area contributed by atoms with Crippen LogP contribution >= 0.6 is 0 Å². The van der Waals surface area contributed by atoms with Gasteiger partial charge in [-0.25, -0.2) is 4.79 Å². The van der Waals surface area contributed by atoms with E-state index in [4.69, 9.17) is 4.74 Å². The van der Waals surface area contributed by atoms with Gasteiger partial charge >= 0.3 is 5.97 Å². The Hall–Kier alpha value is -2.40. The van der Waals surface area contributed by atoms with Crippen molar-refractivity contribution in [2.45, 2.75) is 58.7 Å². The molecule has 1 saturated carbocycles. The third-order valence-corrected chi connectivity index (χ3v) is 6.69. The van der Waals surface area contributed by atoms with Gasteiger partial charge in [-0.3, -0.25) is 4.79 Å². The first kappa shape index (κ1) is 21.3. The quantitative estimate of drug-likeness (QED) is 0.591. The number of carbonyl (C=O) groups excluding carboxylic acids is 2. The van der Waals surface area contributed by atoms with Crippen molar-refractivity contribution in [3.05, 3.63) is 47.6 Å². The molecule has 0 aromatic heterocycles. The van der Waals surface area contributed by atoms with Crippen molar-refractivity contribution < 1.29 is 24.5 Å². The van der Waals surface area contributed by atoms with Gasteiger partial charge in [0.1, 0.15) is 11.9 Å². The average molecular weight is 398 g/mol. The van der Waals surface area contributed by atoms with E-state index < -0.39 is 23.1 Å². The van der Waals surface area contributed by atoms with Gasteiger partial charge in [0, 0.05) is 18.4 Å². The van der Waals surface area contributed by atoms with Crippen LogP contribution < -0.4 is 0 Å². The number of allylic oxidation sites excluding steroid dienone is 1. The maximum absolute atomic E-state index is 12.6. The van der Waals surface area contributed by atoms with E-state index in [1.807, 2.05) is 20.8 Å². The normalized spacial score (nSPS) is 32.2. The Morgan fingerprint density at radius 3 is 2.52 bits per heavy atom. The predicted molar refractivity (Wildman–Crippen MR) is 111 cm³/mol. The smallest absolute Gasteiger partial charge is 0.331 e. The number of aromatic hydroxyl groups is 1. The third-order valence-electron chi connectivity index (χ3n) is 6.69. The van der Waals surface area contributed by atoms with Gasteiger partial charge in [-0.2, -0.15) is 0 Å². The summed E-state index contributed by atoms with van der Waals surface area (Å²) in [5, 5.41) is 20.8. The summed E-state index contributed by atoms with van der Waals surface area (Å²) in [6.45, 7) is 7.71. The second-order valence-corrected chi connectivity index (χ2v) is 9.05. The Bertz CT molecular complexity index is 851. The molecule has 1 fully saturated rings. The van der Waals surface area contributed by atoms with E-state index in [1.165, 1.54) is 6.08 Å². The molecule has 156 valence electrons. The summed E-state index contributed by atoms with van der Waals surface area (Å²) < 4.78 is 5.80. The number of Topliss-reactive ketones (excluding diaryl/α,β-unsaturated/α-hetero) is 1. The molecule has 5 nitrogen and oxygen atoms in total. The number of phenolic OH excluding ortho intramolecular Hbond substituents is 1.